The Morgan fingerprint density at radius 2 is 1.63 bits per heavy atom. The first-order chi connectivity index (χ1) is 13.2. The van der Waals surface area contributed by atoms with Crippen molar-refractivity contribution in [2.75, 3.05) is 26.2 Å². The zero-order chi connectivity index (χ0) is 18.8. The molecule has 1 fully saturated rings. The van der Waals surface area contributed by atoms with E-state index in [9.17, 15) is 9.59 Å². The third kappa shape index (κ3) is 3.25. The maximum Gasteiger partial charge on any atom is 0.254 e. The molecule has 7 nitrogen and oxygen atoms in total. The van der Waals surface area contributed by atoms with Gasteiger partial charge in [0.2, 0.25) is 0 Å². The van der Waals surface area contributed by atoms with Gasteiger partial charge in [0.15, 0.2) is 12.0 Å². The van der Waals surface area contributed by atoms with E-state index in [-0.39, 0.29) is 11.8 Å². The molecular formula is C20H16N4O3. The number of hydrogen-bond donors (Lipinski definition) is 0. The number of piperazine rings is 1. The lowest BCUT2D eigenvalue weighted by Crippen LogP contribution is -2.50. The molecule has 0 unspecified atom stereocenters. The lowest BCUT2D eigenvalue weighted by Gasteiger charge is -2.34. The third-order valence-electron chi connectivity index (χ3n) is 4.67. The molecule has 2 heterocycles. The number of fused-ring (bicyclic) bond motifs is 1. The van der Waals surface area contributed by atoms with E-state index in [1.807, 2.05) is 6.07 Å². The minimum Gasteiger partial charge on any atom is -0.443 e. The second-order valence-corrected chi connectivity index (χ2v) is 6.31. The molecular weight excluding hydrogens is 344 g/mol. The number of rotatable bonds is 2. The Labute approximate surface area is 155 Å². The van der Waals surface area contributed by atoms with Crippen LogP contribution in [0.1, 0.15) is 26.3 Å². The van der Waals surface area contributed by atoms with E-state index in [0.29, 0.717) is 54.0 Å². The van der Waals surface area contributed by atoms with Crippen molar-refractivity contribution in [3.05, 3.63) is 65.5 Å². The Kier molecular flexibility index (Phi) is 4.30. The Morgan fingerprint density at radius 3 is 2.30 bits per heavy atom. The molecule has 0 spiro atoms. The van der Waals surface area contributed by atoms with Gasteiger partial charge in [-0.05, 0) is 36.4 Å². The maximum absolute atomic E-state index is 12.7. The first kappa shape index (κ1) is 16.8. The van der Waals surface area contributed by atoms with Crippen molar-refractivity contribution in [1.29, 1.82) is 5.26 Å². The summed E-state index contributed by atoms with van der Waals surface area (Å²) >= 11 is 0. The Bertz CT molecular complexity index is 1060. The third-order valence-corrected chi connectivity index (χ3v) is 4.67. The highest BCUT2D eigenvalue weighted by Gasteiger charge is 2.26. The van der Waals surface area contributed by atoms with Gasteiger partial charge in [0.1, 0.15) is 5.52 Å². The topological polar surface area (TPSA) is 90.4 Å². The summed E-state index contributed by atoms with van der Waals surface area (Å²) in [5.41, 5.74) is 2.77. The summed E-state index contributed by atoms with van der Waals surface area (Å²) in [5, 5.41) is 8.98. The van der Waals surface area contributed by atoms with Crippen LogP contribution < -0.4 is 0 Å². The molecule has 0 bridgehead atoms. The van der Waals surface area contributed by atoms with Crippen molar-refractivity contribution in [2.45, 2.75) is 0 Å². The zero-order valence-corrected chi connectivity index (χ0v) is 14.5. The minimum atomic E-state index is -0.123. The normalized spacial score (nSPS) is 14.2. The van der Waals surface area contributed by atoms with Gasteiger partial charge in [-0.25, -0.2) is 4.98 Å². The molecule has 0 saturated carbocycles. The average Bonchev–Trinajstić information content (AvgIpc) is 3.20. The second-order valence-electron chi connectivity index (χ2n) is 6.31. The number of hydrogen-bond acceptors (Lipinski definition) is 5. The number of nitriles is 1. The standard InChI is InChI=1S/C20H16N4O3/c21-12-14-2-1-3-15(10-14)19(25)23-6-8-24(9-7-23)20(26)16-4-5-17-18(11-16)27-13-22-17/h1-5,10-11,13H,6-9H2. The molecule has 2 amide bonds. The van der Waals surface area contributed by atoms with E-state index >= 15 is 0 Å². The van der Waals surface area contributed by atoms with Crippen LogP contribution in [-0.4, -0.2) is 52.8 Å². The van der Waals surface area contributed by atoms with E-state index < -0.39 is 0 Å². The van der Waals surface area contributed by atoms with E-state index in [1.165, 1.54) is 6.39 Å². The highest BCUT2D eigenvalue weighted by atomic mass is 16.3. The smallest absolute Gasteiger partial charge is 0.254 e. The van der Waals surface area contributed by atoms with E-state index in [0.717, 1.165) is 0 Å². The predicted molar refractivity (Wildman–Crippen MR) is 97.0 cm³/mol. The largest absolute Gasteiger partial charge is 0.443 e. The van der Waals surface area contributed by atoms with Gasteiger partial charge in [0, 0.05) is 37.3 Å². The van der Waals surface area contributed by atoms with Gasteiger partial charge in [0.25, 0.3) is 11.8 Å². The number of aromatic nitrogens is 1. The number of amides is 2. The van der Waals surface area contributed by atoms with Crippen LogP contribution in [0.25, 0.3) is 11.1 Å². The van der Waals surface area contributed by atoms with Gasteiger partial charge in [0.05, 0.1) is 11.6 Å². The molecule has 27 heavy (non-hydrogen) atoms. The fraction of sp³-hybridized carbons (Fsp3) is 0.200. The van der Waals surface area contributed by atoms with E-state index in [4.69, 9.17) is 9.68 Å². The molecule has 1 saturated heterocycles. The van der Waals surface area contributed by atoms with Gasteiger partial charge >= 0.3 is 0 Å². The summed E-state index contributed by atoms with van der Waals surface area (Å²) in [7, 11) is 0. The molecule has 1 aromatic heterocycles. The van der Waals surface area contributed by atoms with Crippen LogP contribution in [0.15, 0.2) is 53.3 Å². The van der Waals surface area contributed by atoms with Crippen LogP contribution >= 0.6 is 0 Å². The van der Waals surface area contributed by atoms with Gasteiger partial charge in [-0.1, -0.05) is 6.07 Å². The SMILES string of the molecule is N#Cc1cccc(C(=O)N2CCN(C(=O)c3ccc4ncoc4c3)CC2)c1. The average molecular weight is 360 g/mol. The lowest BCUT2D eigenvalue weighted by atomic mass is 10.1. The molecule has 0 aliphatic carbocycles. The number of carbonyl (C=O) groups is 2. The van der Waals surface area contributed by atoms with Crippen molar-refractivity contribution in [3.63, 3.8) is 0 Å². The van der Waals surface area contributed by atoms with E-state index in [1.54, 1.807) is 52.3 Å². The molecule has 1 aliphatic rings. The Balaban J connectivity index is 1.42. The monoisotopic (exact) mass is 360 g/mol. The number of nitrogens with zero attached hydrogens (tertiary/aromatic N) is 4. The summed E-state index contributed by atoms with van der Waals surface area (Å²) < 4.78 is 5.25. The van der Waals surface area contributed by atoms with Crippen LogP contribution in [0.4, 0.5) is 0 Å². The molecule has 134 valence electrons. The molecule has 0 radical (unpaired) electrons. The van der Waals surface area contributed by atoms with Gasteiger partial charge in [-0.15, -0.1) is 0 Å². The lowest BCUT2D eigenvalue weighted by molar-refractivity contribution is 0.0535. The molecule has 4 rings (SSSR count). The Morgan fingerprint density at radius 1 is 0.963 bits per heavy atom. The summed E-state index contributed by atoms with van der Waals surface area (Å²) in [6.45, 7) is 1.81. The van der Waals surface area contributed by atoms with Crippen LogP contribution in [0.3, 0.4) is 0 Å². The molecule has 1 aliphatic heterocycles. The summed E-state index contributed by atoms with van der Waals surface area (Å²) in [6, 6.07) is 13.9. The van der Waals surface area contributed by atoms with Gasteiger partial charge < -0.3 is 14.2 Å². The quantitative estimate of drug-likeness (QED) is 0.699. The number of benzene rings is 2. The maximum atomic E-state index is 12.7. The summed E-state index contributed by atoms with van der Waals surface area (Å²) in [5.74, 6) is -0.214. The first-order valence-corrected chi connectivity index (χ1v) is 8.58. The fourth-order valence-electron chi connectivity index (χ4n) is 3.19. The molecule has 3 aromatic rings. The van der Waals surface area contributed by atoms with Crippen molar-refractivity contribution >= 4 is 22.9 Å². The molecule has 2 aromatic carbocycles. The molecule has 0 atom stereocenters. The summed E-state index contributed by atoms with van der Waals surface area (Å²) in [6.07, 6.45) is 1.35. The Hall–Kier alpha value is -3.66. The van der Waals surface area contributed by atoms with E-state index in [2.05, 4.69) is 4.98 Å². The molecule has 7 heteroatoms. The zero-order valence-electron chi connectivity index (χ0n) is 14.5. The highest BCUT2D eigenvalue weighted by Crippen LogP contribution is 2.17. The number of oxazole rings is 1. The van der Waals surface area contributed by atoms with Crippen LogP contribution in [-0.2, 0) is 0 Å². The minimum absolute atomic E-state index is 0.0909. The van der Waals surface area contributed by atoms with Crippen LogP contribution in [0.2, 0.25) is 0 Å². The first-order valence-electron chi connectivity index (χ1n) is 8.58. The van der Waals surface area contributed by atoms with Gasteiger partial charge in [-0.3, -0.25) is 9.59 Å². The number of carbonyl (C=O) groups excluding carboxylic acids is 2. The van der Waals surface area contributed by atoms with Crippen molar-refractivity contribution in [2.24, 2.45) is 0 Å². The fourth-order valence-corrected chi connectivity index (χ4v) is 3.19. The van der Waals surface area contributed by atoms with Crippen LogP contribution in [0.5, 0.6) is 0 Å². The van der Waals surface area contributed by atoms with Crippen molar-refractivity contribution in [3.8, 4) is 6.07 Å². The van der Waals surface area contributed by atoms with Crippen molar-refractivity contribution in [1.82, 2.24) is 14.8 Å². The highest BCUT2D eigenvalue weighted by molar-refractivity contribution is 5.98. The van der Waals surface area contributed by atoms with Crippen LogP contribution in [0, 0.1) is 11.3 Å². The van der Waals surface area contributed by atoms with Crippen molar-refractivity contribution < 1.29 is 14.0 Å². The van der Waals surface area contributed by atoms with Gasteiger partial charge in [-0.2, -0.15) is 5.26 Å². The summed E-state index contributed by atoms with van der Waals surface area (Å²) in [4.78, 5) is 32.8. The second kappa shape index (κ2) is 6.92. The molecule has 0 N–H and O–H groups in total. The predicted octanol–water partition coefficient (Wildman–Crippen LogP) is 2.30.